The molecule has 0 aliphatic carbocycles. The zero-order chi connectivity index (χ0) is 19.9. The van der Waals surface area contributed by atoms with Crippen LogP contribution >= 0.6 is 12.4 Å². The minimum absolute atomic E-state index is 0. The molecule has 0 saturated carbocycles. The standard InChI is InChI=1S/C21H25FN2O4.ClH/c1-26-20-13-27-11-9-19(20)24-21(25)17-12-16(6-7-18(17)22)28-15-4-2-14(3-5-15)8-10-23;/h2-7,12,19-20H,8-11,13,23H2,1H3,(H,24,25);1H/t19-,20-;/m0./s1. The third-order valence-corrected chi connectivity index (χ3v) is 4.70. The Morgan fingerprint density at radius 3 is 2.66 bits per heavy atom. The number of rotatable bonds is 7. The van der Waals surface area contributed by atoms with E-state index < -0.39 is 11.7 Å². The molecule has 3 N–H and O–H groups in total. The van der Waals surface area contributed by atoms with Gasteiger partial charge in [-0.2, -0.15) is 0 Å². The van der Waals surface area contributed by atoms with Crippen LogP contribution in [0.5, 0.6) is 11.5 Å². The summed E-state index contributed by atoms with van der Waals surface area (Å²) in [6, 6.07) is 11.4. The van der Waals surface area contributed by atoms with Crippen LogP contribution in [0.4, 0.5) is 4.39 Å². The third kappa shape index (κ3) is 6.14. The van der Waals surface area contributed by atoms with Crippen LogP contribution in [0.3, 0.4) is 0 Å². The monoisotopic (exact) mass is 424 g/mol. The van der Waals surface area contributed by atoms with Gasteiger partial charge >= 0.3 is 0 Å². The Morgan fingerprint density at radius 1 is 1.24 bits per heavy atom. The lowest BCUT2D eigenvalue weighted by atomic mass is 10.0. The van der Waals surface area contributed by atoms with Gasteiger partial charge in [-0.15, -0.1) is 12.4 Å². The van der Waals surface area contributed by atoms with Gasteiger partial charge in [-0.25, -0.2) is 4.39 Å². The van der Waals surface area contributed by atoms with Crippen molar-refractivity contribution in [3.8, 4) is 11.5 Å². The minimum Gasteiger partial charge on any atom is -0.457 e. The van der Waals surface area contributed by atoms with Gasteiger partial charge in [0.25, 0.3) is 5.91 Å². The van der Waals surface area contributed by atoms with Crippen LogP contribution in [0.2, 0.25) is 0 Å². The molecule has 3 rings (SSSR count). The van der Waals surface area contributed by atoms with E-state index in [-0.39, 0.29) is 30.1 Å². The molecule has 0 spiro atoms. The molecular formula is C21H26ClFN2O4. The predicted octanol–water partition coefficient (Wildman–Crippen LogP) is 3.07. The summed E-state index contributed by atoms with van der Waals surface area (Å²) >= 11 is 0. The van der Waals surface area contributed by atoms with Gasteiger partial charge in [0.2, 0.25) is 0 Å². The highest BCUT2D eigenvalue weighted by Gasteiger charge is 2.28. The number of ether oxygens (including phenoxy) is 3. The Hall–Kier alpha value is -2.19. The summed E-state index contributed by atoms with van der Waals surface area (Å²) in [6.07, 6.45) is 1.14. The molecule has 0 bridgehead atoms. The van der Waals surface area contributed by atoms with Crippen molar-refractivity contribution in [1.29, 1.82) is 0 Å². The van der Waals surface area contributed by atoms with Gasteiger partial charge in [-0.3, -0.25) is 4.79 Å². The lowest BCUT2D eigenvalue weighted by Gasteiger charge is -2.31. The number of carbonyl (C=O) groups excluding carboxylic acids is 1. The third-order valence-electron chi connectivity index (χ3n) is 4.70. The molecule has 0 radical (unpaired) electrons. The fraction of sp³-hybridized carbons (Fsp3) is 0.381. The molecule has 0 unspecified atom stereocenters. The zero-order valence-corrected chi connectivity index (χ0v) is 17.0. The fourth-order valence-corrected chi connectivity index (χ4v) is 3.12. The first kappa shape index (κ1) is 23.1. The quantitative estimate of drug-likeness (QED) is 0.713. The molecule has 1 aliphatic rings. The maximum atomic E-state index is 14.2. The van der Waals surface area contributed by atoms with Crippen molar-refractivity contribution < 1.29 is 23.4 Å². The molecule has 1 saturated heterocycles. The summed E-state index contributed by atoms with van der Waals surface area (Å²) in [5, 5.41) is 2.84. The molecule has 2 aromatic rings. The molecule has 1 fully saturated rings. The fourth-order valence-electron chi connectivity index (χ4n) is 3.12. The number of methoxy groups -OCH3 is 1. The molecule has 8 heteroatoms. The minimum atomic E-state index is -0.607. The van der Waals surface area contributed by atoms with E-state index in [9.17, 15) is 9.18 Å². The molecule has 29 heavy (non-hydrogen) atoms. The van der Waals surface area contributed by atoms with Crippen LogP contribution in [0, 0.1) is 5.82 Å². The van der Waals surface area contributed by atoms with Crippen LogP contribution in [-0.2, 0) is 15.9 Å². The summed E-state index contributed by atoms with van der Waals surface area (Å²) in [7, 11) is 1.56. The summed E-state index contributed by atoms with van der Waals surface area (Å²) in [5.74, 6) is -0.129. The van der Waals surface area contributed by atoms with Crippen molar-refractivity contribution in [2.24, 2.45) is 5.73 Å². The Morgan fingerprint density at radius 2 is 1.97 bits per heavy atom. The van der Waals surface area contributed by atoms with Gasteiger partial charge in [0, 0.05) is 13.7 Å². The van der Waals surface area contributed by atoms with E-state index in [1.54, 1.807) is 7.11 Å². The van der Waals surface area contributed by atoms with Gasteiger partial charge in [0.15, 0.2) is 0 Å². The Balaban J connectivity index is 0.00000300. The number of hydrogen-bond acceptors (Lipinski definition) is 5. The van der Waals surface area contributed by atoms with Crippen LogP contribution in [0.15, 0.2) is 42.5 Å². The Kier molecular flexibility index (Phi) is 8.85. The van der Waals surface area contributed by atoms with E-state index >= 15 is 0 Å². The molecule has 2 atom stereocenters. The van der Waals surface area contributed by atoms with E-state index in [2.05, 4.69) is 5.32 Å². The zero-order valence-electron chi connectivity index (χ0n) is 16.2. The number of benzene rings is 2. The first-order valence-corrected chi connectivity index (χ1v) is 9.28. The van der Waals surface area contributed by atoms with Crippen LogP contribution in [-0.4, -0.2) is 44.9 Å². The molecule has 1 heterocycles. The first-order valence-electron chi connectivity index (χ1n) is 9.28. The summed E-state index contributed by atoms with van der Waals surface area (Å²) in [6.45, 7) is 1.50. The van der Waals surface area contributed by atoms with E-state index in [0.29, 0.717) is 37.7 Å². The summed E-state index contributed by atoms with van der Waals surface area (Å²) in [5.41, 5.74) is 6.59. The normalized spacial score (nSPS) is 18.6. The highest BCUT2D eigenvalue weighted by atomic mass is 35.5. The van der Waals surface area contributed by atoms with Gasteiger partial charge in [-0.05, 0) is 55.3 Å². The highest BCUT2D eigenvalue weighted by Crippen LogP contribution is 2.24. The van der Waals surface area contributed by atoms with Crippen molar-refractivity contribution in [3.05, 3.63) is 59.4 Å². The molecule has 1 aliphatic heterocycles. The van der Waals surface area contributed by atoms with E-state index in [1.807, 2.05) is 24.3 Å². The maximum absolute atomic E-state index is 14.2. The number of amides is 1. The van der Waals surface area contributed by atoms with E-state index in [4.69, 9.17) is 19.9 Å². The lowest BCUT2D eigenvalue weighted by Crippen LogP contribution is -2.49. The largest absolute Gasteiger partial charge is 0.457 e. The Bertz CT molecular complexity index is 804. The summed E-state index contributed by atoms with van der Waals surface area (Å²) in [4.78, 5) is 12.6. The lowest BCUT2D eigenvalue weighted by molar-refractivity contribution is -0.0479. The van der Waals surface area contributed by atoms with Crippen molar-refractivity contribution >= 4 is 18.3 Å². The summed E-state index contributed by atoms with van der Waals surface area (Å²) < 4.78 is 30.7. The average Bonchev–Trinajstić information content (AvgIpc) is 2.71. The molecule has 1 amide bonds. The smallest absolute Gasteiger partial charge is 0.254 e. The second-order valence-corrected chi connectivity index (χ2v) is 6.64. The van der Waals surface area contributed by atoms with Crippen LogP contribution in [0.25, 0.3) is 0 Å². The second-order valence-electron chi connectivity index (χ2n) is 6.64. The maximum Gasteiger partial charge on any atom is 0.254 e. The van der Waals surface area contributed by atoms with Crippen molar-refractivity contribution in [3.63, 3.8) is 0 Å². The van der Waals surface area contributed by atoms with Crippen molar-refractivity contribution in [2.45, 2.75) is 25.0 Å². The molecule has 6 nitrogen and oxygen atoms in total. The van der Waals surface area contributed by atoms with Crippen LogP contribution < -0.4 is 15.8 Å². The van der Waals surface area contributed by atoms with E-state index in [1.165, 1.54) is 18.2 Å². The highest BCUT2D eigenvalue weighted by molar-refractivity contribution is 5.95. The number of nitrogens with one attached hydrogen (secondary N) is 1. The molecule has 2 aromatic carbocycles. The molecular weight excluding hydrogens is 399 g/mol. The second kappa shape index (κ2) is 11.1. The number of carbonyl (C=O) groups is 1. The van der Waals surface area contributed by atoms with Crippen molar-refractivity contribution in [2.75, 3.05) is 26.9 Å². The predicted molar refractivity (Wildman–Crippen MR) is 110 cm³/mol. The van der Waals surface area contributed by atoms with Crippen molar-refractivity contribution in [1.82, 2.24) is 5.32 Å². The molecule has 0 aromatic heterocycles. The first-order chi connectivity index (χ1) is 13.6. The number of nitrogens with two attached hydrogens (primary N) is 1. The Labute approximate surface area is 175 Å². The van der Waals surface area contributed by atoms with E-state index in [0.717, 1.165) is 12.0 Å². The molecule has 158 valence electrons. The average molecular weight is 425 g/mol. The topological polar surface area (TPSA) is 82.8 Å². The van der Waals surface area contributed by atoms with Gasteiger partial charge in [-0.1, -0.05) is 12.1 Å². The van der Waals surface area contributed by atoms with Crippen LogP contribution in [0.1, 0.15) is 22.3 Å². The number of halogens is 2. The van der Waals surface area contributed by atoms with Gasteiger partial charge in [0.05, 0.1) is 18.2 Å². The number of hydrogen-bond donors (Lipinski definition) is 2. The van der Waals surface area contributed by atoms with Gasteiger partial charge < -0.3 is 25.3 Å². The SMILES string of the molecule is CO[C@H]1COCC[C@@H]1NC(=O)c1cc(Oc2ccc(CCN)cc2)ccc1F.Cl. The van der Waals surface area contributed by atoms with Gasteiger partial charge in [0.1, 0.15) is 23.4 Å².